The second-order valence-corrected chi connectivity index (χ2v) is 8.49. The van der Waals surface area contributed by atoms with Crippen molar-refractivity contribution in [2.24, 2.45) is 0 Å². The van der Waals surface area contributed by atoms with Crippen LogP contribution in [-0.2, 0) is 0 Å². The number of anilines is 1. The van der Waals surface area contributed by atoms with Gasteiger partial charge in [0.25, 0.3) is 5.91 Å². The number of phenolic OH excluding ortho intramolecular Hbond substituents is 1. The van der Waals surface area contributed by atoms with E-state index in [1.165, 1.54) is 7.11 Å². The fraction of sp³-hybridized carbons (Fsp3) is 0.120. The first-order valence-corrected chi connectivity index (χ1v) is 11.0. The Bertz CT molecular complexity index is 1330. The molecule has 1 atom stereocenters. The summed E-state index contributed by atoms with van der Waals surface area (Å²) in [5.74, 6) is 0.914. The van der Waals surface area contributed by atoms with Crippen LogP contribution >= 0.6 is 15.9 Å². The second-order valence-electron chi connectivity index (χ2n) is 7.57. The van der Waals surface area contributed by atoms with E-state index >= 15 is 0 Å². The molecule has 166 valence electrons. The van der Waals surface area contributed by atoms with E-state index in [1.807, 2.05) is 48.5 Å². The molecule has 7 nitrogen and oxygen atoms in total. The van der Waals surface area contributed by atoms with Gasteiger partial charge < -0.3 is 14.6 Å². The lowest BCUT2D eigenvalue weighted by molar-refractivity contribution is 0.0988. The number of nitrogens with one attached hydrogen (secondary N) is 1. The van der Waals surface area contributed by atoms with Crippen LogP contribution in [-0.4, -0.2) is 35.4 Å². The lowest BCUT2D eigenvalue weighted by atomic mass is 9.95. The zero-order valence-electron chi connectivity index (χ0n) is 17.9. The highest BCUT2D eigenvalue weighted by atomic mass is 79.9. The van der Waals surface area contributed by atoms with E-state index in [0.29, 0.717) is 17.1 Å². The molecule has 3 aromatic carbocycles. The zero-order valence-corrected chi connectivity index (χ0v) is 19.5. The number of aromatic nitrogens is 2. The summed E-state index contributed by atoms with van der Waals surface area (Å²) in [6, 6.07) is 19.8. The van der Waals surface area contributed by atoms with Crippen LogP contribution in [0.25, 0.3) is 11.3 Å². The number of benzene rings is 3. The van der Waals surface area contributed by atoms with E-state index in [4.69, 9.17) is 9.47 Å². The zero-order chi connectivity index (χ0) is 23.1. The first-order chi connectivity index (χ1) is 16.0. The topological polar surface area (TPSA) is 87.7 Å². The third-order valence-electron chi connectivity index (χ3n) is 5.76. The van der Waals surface area contributed by atoms with Gasteiger partial charge in [-0.25, -0.2) is 0 Å². The van der Waals surface area contributed by atoms with Gasteiger partial charge in [-0.05, 0) is 66.2 Å². The molecule has 1 aliphatic rings. The van der Waals surface area contributed by atoms with Crippen molar-refractivity contribution in [2.45, 2.75) is 6.04 Å². The average molecular weight is 506 g/mol. The molecule has 33 heavy (non-hydrogen) atoms. The first-order valence-electron chi connectivity index (χ1n) is 10.2. The van der Waals surface area contributed by atoms with Gasteiger partial charge in [0, 0.05) is 21.3 Å². The minimum atomic E-state index is -0.473. The van der Waals surface area contributed by atoms with Gasteiger partial charge in [-0.1, -0.05) is 22.0 Å². The van der Waals surface area contributed by atoms with Crippen molar-refractivity contribution in [3.05, 3.63) is 88.0 Å². The van der Waals surface area contributed by atoms with Crippen LogP contribution in [0.2, 0.25) is 0 Å². The van der Waals surface area contributed by atoms with E-state index in [2.05, 4.69) is 26.1 Å². The molecule has 5 rings (SSSR count). The van der Waals surface area contributed by atoms with Crippen molar-refractivity contribution in [3.63, 3.8) is 0 Å². The molecule has 0 saturated carbocycles. The van der Waals surface area contributed by atoms with Crippen LogP contribution in [0.3, 0.4) is 0 Å². The van der Waals surface area contributed by atoms with Crippen LogP contribution in [0.15, 0.2) is 71.2 Å². The quantitative estimate of drug-likeness (QED) is 0.383. The molecule has 8 heteroatoms. The number of H-pyrrole nitrogens is 1. The summed E-state index contributed by atoms with van der Waals surface area (Å²) in [5, 5.41) is 17.6. The minimum absolute atomic E-state index is 0.0311. The number of carbonyl (C=O) groups excluding carboxylic acids is 1. The molecule has 4 aromatic rings. The monoisotopic (exact) mass is 505 g/mol. The molecule has 0 radical (unpaired) electrons. The fourth-order valence-corrected chi connectivity index (χ4v) is 4.43. The smallest absolute Gasteiger partial charge is 0.277 e. The van der Waals surface area contributed by atoms with Gasteiger partial charge in [-0.15, -0.1) is 0 Å². The highest BCUT2D eigenvalue weighted by Crippen LogP contribution is 2.46. The Balaban J connectivity index is 1.71. The van der Waals surface area contributed by atoms with E-state index in [0.717, 1.165) is 32.6 Å². The predicted octanol–water partition coefficient (Wildman–Crippen LogP) is 5.31. The number of halogens is 1. The van der Waals surface area contributed by atoms with Crippen LogP contribution in [0.5, 0.6) is 17.2 Å². The lowest BCUT2D eigenvalue weighted by Gasteiger charge is -2.27. The molecule has 0 spiro atoms. The molecule has 1 aromatic heterocycles. The van der Waals surface area contributed by atoms with Crippen LogP contribution in [0.1, 0.15) is 27.7 Å². The number of aromatic hydroxyl groups is 1. The number of rotatable bonds is 5. The van der Waals surface area contributed by atoms with Crippen LogP contribution < -0.4 is 14.4 Å². The van der Waals surface area contributed by atoms with Crippen molar-refractivity contribution >= 4 is 27.5 Å². The maximum atomic E-state index is 13.6. The molecule has 1 aliphatic heterocycles. The number of aromatic amines is 1. The number of phenols is 1. The number of hydrogen-bond donors (Lipinski definition) is 2. The molecular weight excluding hydrogens is 486 g/mol. The Morgan fingerprint density at radius 1 is 1.00 bits per heavy atom. The lowest BCUT2D eigenvalue weighted by Crippen LogP contribution is -2.29. The molecule has 1 amide bonds. The molecule has 0 bridgehead atoms. The number of amides is 1. The summed E-state index contributed by atoms with van der Waals surface area (Å²) in [5.41, 5.74) is 4.26. The Morgan fingerprint density at radius 3 is 2.39 bits per heavy atom. The highest BCUT2D eigenvalue weighted by molar-refractivity contribution is 9.10. The summed E-state index contributed by atoms with van der Waals surface area (Å²) in [4.78, 5) is 15.3. The second kappa shape index (κ2) is 8.29. The largest absolute Gasteiger partial charge is 0.504 e. The van der Waals surface area contributed by atoms with Gasteiger partial charge in [0.15, 0.2) is 11.5 Å². The average Bonchev–Trinajstić information content (AvgIpc) is 3.39. The van der Waals surface area contributed by atoms with E-state index in [-0.39, 0.29) is 11.7 Å². The molecule has 0 aliphatic carbocycles. The summed E-state index contributed by atoms with van der Waals surface area (Å²) >= 11 is 3.46. The van der Waals surface area contributed by atoms with Crippen molar-refractivity contribution in [2.75, 3.05) is 19.1 Å². The van der Waals surface area contributed by atoms with Crippen molar-refractivity contribution in [1.29, 1.82) is 0 Å². The normalized spacial score (nSPS) is 14.9. The summed E-state index contributed by atoms with van der Waals surface area (Å²) in [6.45, 7) is 0. The van der Waals surface area contributed by atoms with E-state index in [1.54, 1.807) is 30.2 Å². The van der Waals surface area contributed by atoms with Crippen molar-refractivity contribution in [1.82, 2.24) is 10.2 Å². The van der Waals surface area contributed by atoms with Crippen LogP contribution in [0, 0.1) is 0 Å². The molecule has 0 unspecified atom stereocenters. The maximum absolute atomic E-state index is 13.6. The molecule has 2 N–H and O–H groups in total. The van der Waals surface area contributed by atoms with Gasteiger partial charge in [-0.2, -0.15) is 5.10 Å². The molecule has 2 heterocycles. The van der Waals surface area contributed by atoms with Gasteiger partial charge in [0.1, 0.15) is 11.4 Å². The maximum Gasteiger partial charge on any atom is 0.277 e. The van der Waals surface area contributed by atoms with E-state index in [9.17, 15) is 9.90 Å². The predicted molar refractivity (Wildman–Crippen MR) is 128 cm³/mol. The number of carbonyl (C=O) groups is 1. The van der Waals surface area contributed by atoms with Gasteiger partial charge in [0.05, 0.1) is 26.0 Å². The standard InChI is InChI=1S/C25H20BrN3O4/c1-32-18-10-3-14(4-11-18)22-21-23(28-27-22)25(31)29(17-8-6-16(26)7-9-17)24(21)15-5-12-19(30)20(13-15)33-2/h3-13,24,30H,1-2H3,(H,27,28)/t24-/m1/s1. The summed E-state index contributed by atoms with van der Waals surface area (Å²) in [7, 11) is 3.11. The fourth-order valence-electron chi connectivity index (χ4n) is 4.16. The Kier molecular flexibility index (Phi) is 5.30. The number of ether oxygens (including phenoxy) is 2. The Hall–Kier alpha value is -3.78. The Morgan fingerprint density at radius 2 is 1.73 bits per heavy atom. The van der Waals surface area contributed by atoms with Crippen molar-refractivity contribution < 1.29 is 19.4 Å². The van der Waals surface area contributed by atoms with Gasteiger partial charge in [-0.3, -0.25) is 14.8 Å². The van der Waals surface area contributed by atoms with Crippen molar-refractivity contribution in [3.8, 4) is 28.5 Å². The number of methoxy groups -OCH3 is 2. The third-order valence-corrected chi connectivity index (χ3v) is 6.28. The number of hydrogen-bond acceptors (Lipinski definition) is 5. The number of nitrogens with zero attached hydrogens (tertiary/aromatic N) is 2. The Labute approximate surface area is 198 Å². The highest BCUT2D eigenvalue weighted by Gasteiger charge is 2.43. The number of fused-ring (bicyclic) bond motifs is 1. The third kappa shape index (κ3) is 3.52. The first kappa shape index (κ1) is 21.1. The minimum Gasteiger partial charge on any atom is -0.504 e. The van der Waals surface area contributed by atoms with Crippen LogP contribution in [0.4, 0.5) is 5.69 Å². The SMILES string of the molecule is COc1ccc(-c2n[nH]c3c2[C@@H](c2ccc(O)c(OC)c2)N(c2ccc(Br)cc2)C3=O)cc1. The van der Waals surface area contributed by atoms with E-state index < -0.39 is 6.04 Å². The summed E-state index contributed by atoms with van der Waals surface area (Å²) in [6.07, 6.45) is 0. The molecular formula is C25H20BrN3O4. The summed E-state index contributed by atoms with van der Waals surface area (Å²) < 4.78 is 11.5. The molecule has 0 saturated heterocycles. The molecule has 0 fully saturated rings. The van der Waals surface area contributed by atoms with Gasteiger partial charge in [0.2, 0.25) is 0 Å². The van der Waals surface area contributed by atoms with Gasteiger partial charge >= 0.3 is 0 Å².